The van der Waals surface area contributed by atoms with E-state index < -0.39 is 47.1 Å². The number of nitrogens with zero attached hydrogens (tertiary/aromatic N) is 2. The van der Waals surface area contributed by atoms with Gasteiger partial charge in [-0.05, 0) is 54.8 Å². The van der Waals surface area contributed by atoms with Gasteiger partial charge in [0.2, 0.25) is 17.4 Å². The fraction of sp³-hybridized carbons (Fsp3) is 0.448. The lowest BCUT2D eigenvalue weighted by Crippen LogP contribution is -2.65. The van der Waals surface area contributed by atoms with Crippen LogP contribution in [0.1, 0.15) is 23.3 Å². The van der Waals surface area contributed by atoms with E-state index in [0.29, 0.717) is 23.6 Å². The lowest BCUT2D eigenvalue weighted by atomic mass is 9.80. The molecule has 1 aromatic carbocycles. The average molecular weight is 634 g/mol. The quantitative estimate of drug-likeness (QED) is 0.440. The van der Waals surface area contributed by atoms with Gasteiger partial charge in [-0.15, -0.1) is 11.3 Å². The fourth-order valence-electron chi connectivity index (χ4n) is 6.74. The highest BCUT2D eigenvalue weighted by Gasteiger charge is 2.65. The van der Waals surface area contributed by atoms with Gasteiger partial charge < -0.3 is 25.0 Å². The Bertz CT molecular complexity index is 1450. The molecule has 5 heterocycles. The van der Waals surface area contributed by atoms with Gasteiger partial charge in [0.1, 0.15) is 19.3 Å². The smallest absolute Gasteiger partial charge is 0.254 e. The van der Waals surface area contributed by atoms with E-state index in [1.54, 1.807) is 18.2 Å². The van der Waals surface area contributed by atoms with Crippen LogP contribution in [0.4, 0.5) is 0 Å². The predicted molar refractivity (Wildman–Crippen MR) is 153 cm³/mol. The molecule has 6 rings (SSSR count). The Hall–Kier alpha value is -2.83. The summed E-state index contributed by atoms with van der Waals surface area (Å²) in [6.07, 6.45) is -0.345. The van der Waals surface area contributed by atoms with E-state index in [1.807, 2.05) is 17.5 Å². The molecule has 42 heavy (non-hydrogen) atoms. The molecule has 13 heteroatoms. The van der Waals surface area contributed by atoms with Crippen LogP contribution >= 0.6 is 34.5 Å². The van der Waals surface area contributed by atoms with Gasteiger partial charge >= 0.3 is 0 Å². The number of thiophene rings is 1. The number of carbonyl (C=O) groups is 5. The summed E-state index contributed by atoms with van der Waals surface area (Å²) in [6.45, 7) is -0.0515. The number of carbonyl (C=O) groups excluding carboxylic acids is 5. The monoisotopic (exact) mass is 632 g/mol. The minimum Gasteiger partial charge on any atom is -0.368 e. The van der Waals surface area contributed by atoms with Crippen molar-refractivity contribution in [2.45, 2.75) is 49.5 Å². The highest BCUT2D eigenvalue weighted by atomic mass is 35.5. The maximum Gasteiger partial charge on any atom is 0.254 e. The Labute approximate surface area is 256 Å². The molecule has 4 aliphatic heterocycles. The highest BCUT2D eigenvalue weighted by Crippen LogP contribution is 2.41. The first-order valence-electron chi connectivity index (χ1n) is 13.7. The number of primary amides is 1. The van der Waals surface area contributed by atoms with E-state index in [9.17, 15) is 24.0 Å². The summed E-state index contributed by atoms with van der Waals surface area (Å²) in [5.74, 6) is -3.63. The molecule has 0 bridgehead atoms. The van der Waals surface area contributed by atoms with Gasteiger partial charge in [-0.3, -0.25) is 24.0 Å². The minimum absolute atomic E-state index is 0.0274. The maximum atomic E-state index is 14.7. The first kappa shape index (κ1) is 29.3. The van der Waals surface area contributed by atoms with E-state index in [-0.39, 0.29) is 61.8 Å². The lowest BCUT2D eigenvalue weighted by molar-refractivity contribution is -0.153. The predicted octanol–water partition coefficient (Wildman–Crippen LogP) is 2.02. The second-order valence-corrected chi connectivity index (χ2v) is 12.8. The number of ketones is 2. The second-order valence-electron chi connectivity index (χ2n) is 11.0. The molecule has 5 unspecified atom stereocenters. The first-order valence-corrected chi connectivity index (χ1v) is 15.3. The van der Waals surface area contributed by atoms with Crippen molar-refractivity contribution in [3.8, 4) is 0 Å². The number of likely N-dealkylation sites (tertiary alicyclic amines) is 2. The minimum atomic E-state index is -1.95. The highest BCUT2D eigenvalue weighted by molar-refractivity contribution is 7.09. The fourth-order valence-corrected chi connectivity index (χ4v) is 7.79. The molecule has 4 fully saturated rings. The second kappa shape index (κ2) is 11.3. The largest absolute Gasteiger partial charge is 0.368 e. The topological polar surface area (TPSA) is 136 Å². The van der Waals surface area contributed by atoms with Crippen molar-refractivity contribution in [2.75, 3.05) is 26.3 Å². The molecule has 0 saturated carbocycles. The number of halogens is 2. The summed E-state index contributed by atoms with van der Waals surface area (Å²) in [5, 5.41) is 2.47. The molecular weight excluding hydrogens is 605 g/mol. The molecule has 2 aromatic rings. The lowest BCUT2D eigenvalue weighted by Gasteiger charge is -2.38. The molecule has 3 amide bonds. The molecule has 5 atom stereocenters. The maximum absolute atomic E-state index is 14.7. The third-order valence-corrected chi connectivity index (χ3v) is 10.3. The number of ether oxygens (including phenoxy) is 2. The molecule has 221 valence electrons. The Morgan fingerprint density at radius 2 is 1.88 bits per heavy atom. The Kier molecular flexibility index (Phi) is 7.90. The summed E-state index contributed by atoms with van der Waals surface area (Å²) in [4.78, 5) is 71.4. The Morgan fingerprint density at radius 3 is 2.60 bits per heavy atom. The molecule has 4 saturated heterocycles. The third kappa shape index (κ3) is 4.75. The van der Waals surface area contributed by atoms with Crippen LogP contribution in [0.15, 0.2) is 35.7 Å². The van der Waals surface area contributed by atoms with Gasteiger partial charge in [-0.25, -0.2) is 0 Å². The van der Waals surface area contributed by atoms with Gasteiger partial charge in [-0.1, -0.05) is 35.3 Å². The zero-order valence-electron chi connectivity index (χ0n) is 22.4. The summed E-state index contributed by atoms with van der Waals surface area (Å²) in [7, 11) is 0. The van der Waals surface area contributed by atoms with Crippen LogP contribution in [0.5, 0.6) is 0 Å². The summed E-state index contributed by atoms with van der Waals surface area (Å²) >= 11 is 13.9. The number of hydrogen-bond donors (Lipinski definition) is 1. The van der Waals surface area contributed by atoms with E-state index >= 15 is 0 Å². The van der Waals surface area contributed by atoms with Gasteiger partial charge in [0.05, 0.1) is 34.1 Å². The van der Waals surface area contributed by atoms with Crippen LogP contribution in [-0.2, 0) is 46.3 Å². The molecule has 4 aliphatic rings. The zero-order chi connectivity index (χ0) is 29.8. The van der Waals surface area contributed by atoms with Gasteiger partial charge in [0.25, 0.3) is 5.91 Å². The Balaban J connectivity index is 1.43. The van der Waals surface area contributed by atoms with Crippen LogP contribution in [0.25, 0.3) is 0 Å². The zero-order valence-corrected chi connectivity index (χ0v) is 24.8. The van der Waals surface area contributed by atoms with Crippen molar-refractivity contribution in [3.63, 3.8) is 0 Å². The van der Waals surface area contributed by atoms with Gasteiger partial charge in [0.15, 0.2) is 11.6 Å². The summed E-state index contributed by atoms with van der Waals surface area (Å²) in [5.41, 5.74) is 4.48. The summed E-state index contributed by atoms with van der Waals surface area (Å²) < 4.78 is 11.2. The number of amides is 3. The molecule has 0 spiro atoms. The summed E-state index contributed by atoms with van der Waals surface area (Å²) in [6, 6.07) is 7.92. The number of hydrogen-bond acceptors (Lipinski definition) is 8. The number of benzene rings is 1. The molecular formula is C29H28Cl2N3O7S. The molecule has 1 aromatic heterocycles. The van der Waals surface area contributed by atoms with Crippen molar-refractivity contribution in [1.29, 1.82) is 0 Å². The van der Waals surface area contributed by atoms with Crippen molar-refractivity contribution < 1.29 is 33.4 Å². The molecule has 2 N–H and O–H groups in total. The van der Waals surface area contributed by atoms with Crippen LogP contribution in [-0.4, -0.2) is 89.2 Å². The Morgan fingerprint density at radius 1 is 1.07 bits per heavy atom. The van der Waals surface area contributed by atoms with Crippen molar-refractivity contribution in [2.24, 2.45) is 11.7 Å². The van der Waals surface area contributed by atoms with E-state index in [1.165, 1.54) is 21.1 Å². The standard InChI is InChI=1S/C29H28Cl2N3O7S/c30-19-4-3-15(11-20(19)31)10-17(27(38)34-8-6-24-29(34,28(32)39)23(36)14-41-24)18(12-16-2-1-9-42-16)26(37)33-7-5-22-25(33)21(35)13-40-22/h1-4,9,11,17,22,24-25H,5-8,10,12-14H2,(H2,32,39). The van der Waals surface area contributed by atoms with Crippen molar-refractivity contribution in [3.05, 3.63) is 62.1 Å². The van der Waals surface area contributed by atoms with Gasteiger partial charge in [-0.2, -0.15) is 0 Å². The molecule has 1 radical (unpaired) electrons. The number of Topliss-reactive ketones (excluding diaryl/α,β-unsaturated/α-hetero) is 2. The van der Waals surface area contributed by atoms with Crippen LogP contribution < -0.4 is 5.73 Å². The van der Waals surface area contributed by atoms with Crippen molar-refractivity contribution in [1.82, 2.24) is 9.80 Å². The van der Waals surface area contributed by atoms with Crippen LogP contribution in [0.2, 0.25) is 10.0 Å². The van der Waals surface area contributed by atoms with E-state index in [0.717, 1.165) is 4.88 Å². The van der Waals surface area contributed by atoms with E-state index in [2.05, 4.69) is 0 Å². The number of fused-ring (bicyclic) bond motifs is 2. The number of rotatable bonds is 8. The number of nitrogens with two attached hydrogens (primary N) is 1. The SMILES string of the molecule is NC(=O)C12C(=O)COC1CCN2C(=O)C(Cc1ccc(Cl)c(Cl)c1)[C](Cc1cccs1)C(=O)N1CCC2OCC(=O)C21. The van der Waals surface area contributed by atoms with Crippen molar-refractivity contribution >= 4 is 63.8 Å². The first-order chi connectivity index (χ1) is 20.1. The average Bonchev–Trinajstić information content (AvgIpc) is 3.78. The molecule has 0 aliphatic carbocycles. The third-order valence-electron chi connectivity index (χ3n) is 8.72. The van der Waals surface area contributed by atoms with Gasteiger partial charge in [0, 0.05) is 18.0 Å². The molecule has 10 nitrogen and oxygen atoms in total. The normalized spacial score (nSPS) is 27.5. The van der Waals surface area contributed by atoms with E-state index in [4.69, 9.17) is 38.4 Å². The van der Waals surface area contributed by atoms with Crippen LogP contribution in [0, 0.1) is 11.8 Å². The van der Waals surface area contributed by atoms with Crippen LogP contribution in [0.3, 0.4) is 0 Å².